The average Bonchev–Trinajstić information content (AvgIpc) is 2.78. The van der Waals surface area contributed by atoms with Crippen molar-refractivity contribution in [3.63, 3.8) is 0 Å². The van der Waals surface area contributed by atoms with Crippen LogP contribution in [0.5, 0.6) is 0 Å². The summed E-state index contributed by atoms with van der Waals surface area (Å²) in [4.78, 5) is 11.9. The Labute approximate surface area is 128 Å². The van der Waals surface area contributed by atoms with Crippen LogP contribution in [0.15, 0.2) is 34.0 Å². The molecule has 0 spiro atoms. The first-order valence-electron chi connectivity index (χ1n) is 7.87. The highest BCUT2D eigenvalue weighted by Crippen LogP contribution is 2.26. The van der Waals surface area contributed by atoms with Gasteiger partial charge in [-0.3, -0.25) is 9.98 Å². The lowest BCUT2D eigenvalue weighted by atomic mass is 9.91. The van der Waals surface area contributed by atoms with Crippen molar-refractivity contribution >= 4 is 11.5 Å². The smallest absolute Gasteiger partial charge is 0.151 e. The molecule has 0 saturated heterocycles. The Morgan fingerprint density at radius 1 is 1.29 bits per heavy atom. The highest BCUT2D eigenvalue weighted by Gasteiger charge is 2.24. The summed E-state index contributed by atoms with van der Waals surface area (Å²) in [6, 6.07) is 1.11. The zero-order valence-corrected chi connectivity index (χ0v) is 13.8. The summed E-state index contributed by atoms with van der Waals surface area (Å²) >= 11 is 0. The van der Waals surface area contributed by atoms with Crippen LogP contribution < -0.4 is 5.32 Å². The minimum atomic E-state index is 0.403. The number of hydrogen-bond donors (Lipinski definition) is 1. The predicted molar refractivity (Wildman–Crippen MR) is 90.9 cm³/mol. The van der Waals surface area contributed by atoms with Crippen LogP contribution in [0.4, 0.5) is 0 Å². The van der Waals surface area contributed by atoms with Crippen LogP contribution in [0.25, 0.3) is 0 Å². The standard InChI is InChI=1S/C17H28N4/c1-6-18-17(16-12(2)11-13(3)19-16)20-14-7-9-15(10-8-14)21(4)5/h6,14-15H,1,7-11H2,2-5H3,(H,18,20). The quantitative estimate of drug-likeness (QED) is 0.638. The fraction of sp³-hybridized carbons (Fsp3) is 0.647. The van der Waals surface area contributed by atoms with Gasteiger partial charge in [0.05, 0.1) is 6.04 Å². The SMILES string of the molecule is C=CNC(=NC1CCC(N(C)C)CC1)C1=C(C)CC(C)=N1. The van der Waals surface area contributed by atoms with Crippen molar-refractivity contribution in [2.75, 3.05) is 14.1 Å². The molecule has 1 aliphatic carbocycles. The number of hydrogen-bond acceptors (Lipinski definition) is 3. The lowest BCUT2D eigenvalue weighted by Crippen LogP contribution is -2.34. The predicted octanol–water partition coefficient (Wildman–Crippen LogP) is 3.13. The van der Waals surface area contributed by atoms with Crippen molar-refractivity contribution < 1.29 is 0 Å². The van der Waals surface area contributed by atoms with Crippen LogP contribution >= 0.6 is 0 Å². The van der Waals surface area contributed by atoms with Crippen LogP contribution in [0, 0.1) is 0 Å². The molecule has 2 aliphatic rings. The van der Waals surface area contributed by atoms with E-state index in [9.17, 15) is 0 Å². The Hall–Kier alpha value is -1.42. The van der Waals surface area contributed by atoms with E-state index in [1.165, 1.54) is 18.4 Å². The summed E-state index contributed by atoms with van der Waals surface area (Å²) in [5, 5.41) is 3.20. The normalized spacial score (nSPS) is 27.1. The van der Waals surface area contributed by atoms with Gasteiger partial charge in [-0.1, -0.05) is 6.58 Å². The van der Waals surface area contributed by atoms with E-state index in [-0.39, 0.29) is 0 Å². The first kappa shape index (κ1) is 16.0. The summed E-state index contributed by atoms with van der Waals surface area (Å²) < 4.78 is 0. The van der Waals surface area contributed by atoms with Crippen molar-refractivity contribution in [1.29, 1.82) is 0 Å². The van der Waals surface area contributed by atoms with Gasteiger partial charge in [0.15, 0.2) is 5.84 Å². The van der Waals surface area contributed by atoms with Crippen LogP contribution in [0.1, 0.15) is 46.0 Å². The van der Waals surface area contributed by atoms with Crippen LogP contribution in [0.3, 0.4) is 0 Å². The largest absolute Gasteiger partial charge is 0.346 e. The van der Waals surface area contributed by atoms with Gasteiger partial charge in [-0.2, -0.15) is 0 Å². The third kappa shape index (κ3) is 4.03. The van der Waals surface area contributed by atoms with Gasteiger partial charge in [0.25, 0.3) is 0 Å². The van der Waals surface area contributed by atoms with Crippen molar-refractivity contribution in [2.45, 2.75) is 58.0 Å². The Morgan fingerprint density at radius 2 is 1.95 bits per heavy atom. The van der Waals surface area contributed by atoms with Crippen LogP contribution in [-0.4, -0.2) is 42.6 Å². The Balaban J connectivity index is 2.09. The molecule has 2 rings (SSSR count). The minimum absolute atomic E-state index is 0.403. The number of amidine groups is 1. The molecule has 1 N–H and O–H groups in total. The van der Waals surface area contributed by atoms with Gasteiger partial charge in [0.2, 0.25) is 0 Å². The van der Waals surface area contributed by atoms with Gasteiger partial charge in [-0.15, -0.1) is 0 Å². The van der Waals surface area contributed by atoms with Gasteiger partial charge in [-0.25, -0.2) is 0 Å². The molecule has 116 valence electrons. The molecule has 0 unspecified atom stereocenters. The third-order valence-corrected chi connectivity index (χ3v) is 4.40. The lowest BCUT2D eigenvalue weighted by molar-refractivity contribution is 0.217. The molecule has 0 atom stereocenters. The zero-order chi connectivity index (χ0) is 15.4. The van der Waals surface area contributed by atoms with Gasteiger partial charge in [0, 0.05) is 18.2 Å². The van der Waals surface area contributed by atoms with Gasteiger partial charge in [-0.05, 0) is 65.4 Å². The Bertz CT molecular complexity index is 477. The summed E-state index contributed by atoms with van der Waals surface area (Å²) in [6.07, 6.45) is 7.42. The number of aliphatic imine (C=N–C) groups is 2. The van der Waals surface area contributed by atoms with Crippen molar-refractivity contribution in [3.05, 3.63) is 24.0 Å². The van der Waals surface area contributed by atoms with E-state index in [0.29, 0.717) is 12.1 Å². The van der Waals surface area contributed by atoms with Crippen molar-refractivity contribution in [1.82, 2.24) is 10.2 Å². The fourth-order valence-corrected chi connectivity index (χ4v) is 3.20. The number of nitrogens with zero attached hydrogens (tertiary/aromatic N) is 3. The summed E-state index contributed by atoms with van der Waals surface area (Å²) in [7, 11) is 4.34. The molecule has 21 heavy (non-hydrogen) atoms. The zero-order valence-electron chi connectivity index (χ0n) is 13.8. The van der Waals surface area contributed by atoms with E-state index in [0.717, 1.165) is 36.5 Å². The minimum Gasteiger partial charge on any atom is -0.346 e. The fourth-order valence-electron chi connectivity index (χ4n) is 3.20. The first-order valence-corrected chi connectivity index (χ1v) is 7.87. The molecule has 4 heteroatoms. The second-order valence-corrected chi connectivity index (χ2v) is 6.40. The van der Waals surface area contributed by atoms with E-state index in [1.54, 1.807) is 6.20 Å². The second kappa shape index (κ2) is 7.03. The molecule has 1 aliphatic heterocycles. The summed E-state index contributed by atoms with van der Waals surface area (Å²) in [5.41, 5.74) is 3.47. The molecule has 0 aromatic heterocycles. The van der Waals surface area contributed by atoms with E-state index in [1.807, 2.05) is 0 Å². The van der Waals surface area contributed by atoms with E-state index >= 15 is 0 Å². The van der Waals surface area contributed by atoms with Crippen molar-refractivity contribution in [3.8, 4) is 0 Å². The highest BCUT2D eigenvalue weighted by atomic mass is 15.1. The first-order chi connectivity index (χ1) is 10.0. The maximum atomic E-state index is 4.94. The molecule has 0 amide bonds. The van der Waals surface area contributed by atoms with Gasteiger partial charge in [0.1, 0.15) is 5.70 Å². The van der Waals surface area contributed by atoms with E-state index in [4.69, 9.17) is 4.99 Å². The molecule has 0 aromatic rings. The van der Waals surface area contributed by atoms with Crippen molar-refractivity contribution in [2.24, 2.45) is 9.98 Å². The second-order valence-electron chi connectivity index (χ2n) is 6.40. The molecule has 1 fully saturated rings. The monoisotopic (exact) mass is 288 g/mol. The molecule has 0 aromatic carbocycles. The van der Waals surface area contributed by atoms with E-state index < -0.39 is 0 Å². The Kier molecular flexibility index (Phi) is 5.34. The molecule has 0 bridgehead atoms. The van der Waals surface area contributed by atoms with Gasteiger partial charge >= 0.3 is 0 Å². The third-order valence-electron chi connectivity index (χ3n) is 4.40. The maximum absolute atomic E-state index is 4.94. The molecular formula is C17H28N4. The molecule has 0 radical (unpaired) electrons. The number of nitrogens with one attached hydrogen (secondary N) is 1. The van der Waals surface area contributed by atoms with Crippen LogP contribution in [0.2, 0.25) is 0 Å². The molecule has 4 nitrogen and oxygen atoms in total. The maximum Gasteiger partial charge on any atom is 0.151 e. The summed E-state index contributed by atoms with van der Waals surface area (Å²) in [5.74, 6) is 0.896. The Morgan fingerprint density at radius 3 is 2.43 bits per heavy atom. The average molecular weight is 288 g/mol. The van der Waals surface area contributed by atoms with E-state index in [2.05, 4.69) is 49.7 Å². The van der Waals surface area contributed by atoms with Crippen LogP contribution in [-0.2, 0) is 0 Å². The molecular weight excluding hydrogens is 260 g/mol. The lowest BCUT2D eigenvalue weighted by Gasteiger charge is -2.31. The molecule has 1 heterocycles. The van der Waals surface area contributed by atoms with Gasteiger partial charge < -0.3 is 10.2 Å². The summed E-state index contributed by atoms with van der Waals surface area (Å²) in [6.45, 7) is 7.99. The number of allylic oxidation sites excluding steroid dienone is 1. The topological polar surface area (TPSA) is 40.0 Å². The molecule has 1 saturated carbocycles. The highest BCUT2D eigenvalue weighted by molar-refractivity contribution is 6.05. The number of rotatable bonds is 4.